The largest absolute Gasteiger partial charge is 0.340 e. The molecule has 1 atom stereocenters. The second kappa shape index (κ2) is 7.40. The predicted octanol–water partition coefficient (Wildman–Crippen LogP) is 2.20. The standard InChI is InChI=1S/C16H23FN2O3S/c1-3-13(19-10-4-5-16(19)20)8-9-18-23(21,22)14-6-7-15(17)12(2)11-14/h6-7,11,13,18H,3-5,8-10H2,1-2H3. The van der Waals surface area contributed by atoms with Gasteiger partial charge in [0.2, 0.25) is 15.9 Å². The van der Waals surface area contributed by atoms with Crippen LogP contribution in [0.5, 0.6) is 0 Å². The Morgan fingerprint density at radius 3 is 2.70 bits per heavy atom. The van der Waals surface area contributed by atoms with E-state index in [0.717, 1.165) is 25.5 Å². The highest BCUT2D eigenvalue weighted by atomic mass is 32.2. The number of rotatable bonds is 7. The number of benzene rings is 1. The Balaban J connectivity index is 1.96. The van der Waals surface area contributed by atoms with Gasteiger partial charge in [-0.25, -0.2) is 17.5 Å². The van der Waals surface area contributed by atoms with E-state index in [0.29, 0.717) is 18.4 Å². The van der Waals surface area contributed by atoms with Crippen LogP contribution in [0.4, 0.5) is 4.39 Å². The Bertz CT molecular complexity index is 676. The maximum atomic E-state index is 13.2. The maximum absolute atomic E-state index is 13.2. The minimum atomic E-state index is -3.66. The summed E-state index contributed by atoms with van der Waals surface area (Å²) in [6, 6.07) is 3.79. The van der Waals surface area contributed by atoms with Crippen molar-refractivity contribution in [2.45, 2.75) is 50.5 Å². The Morgan fingerprint density at radius 1 is 1.39 bits per heavy atom. The molecule has 0 bridgehead atoms. The fraction of sp³-hybridized carbons (Fsp3) is 0.562. The number of nitrogens with zero attached hydrogens (tertiary/aromatic N) is 1. The lowest BCUT2D eigenvalue weighted by Gasteiger charge is -2.26. The van der Waals surface area contributed by atoms with E-state index in [1.165, 1.54) is 19.1 Å². The first kappa shape index (κ1) is 17.9. The van der Waals surface area contributed by atoms with Gasteiger partial charge in [0.05, 0.1) is 4.90 Å². The Hall–Kier alpha value is -1.47. The zero-order valence-electron chi connectivity index (χ0n) is 13.5. The molecule has 1 aliphatic heterocycles. The van der Waals surface area contributed by atoms with Gasteiger partial charge in [-0.2, -0.15) is 0 Å². The van der Waals surface area contributed by atoms with Crippen LogP contribution in [-0.4, -0.2) is 38.4 Å². The van der Waals surface area contributed by atoms with Crippen LogP contribution in [0.3, 0.4) is 0 Å². The molecule has 23 heavy (non-hydrogen) atoms. The third-order valence-corrected chi connectivity index (χ3v) is 5.69. The molecule has 0 radical (unpaired) electrons. The summed E-state index contributed by atoms with van der Waals surface area (Å²) < 4.78 is 40.3. The van der Waals surface area contributed by atoms with Crippen LogP contribution >= 0.6 is 0 Å². The first-order chi connectivity index (χ1) is 10.8. The van der Waals surface area contributed by atoms with Gasteiger partial charge in [-0.05, 0) is 49.9 Å². The number of amides is 1. The number of likely N-dealkylation sites (tertiary alicyclic amines) is 1. The van der Waals surface area contributed by atoms with Crippen molar-refractivity contribution in [3.63, 3.8) is 0 Å². The second-order valence-corrected chi connectivity index (χ2v) is 7.62. The molecule has 128 valence electrons. The normalized spacial score (nSPS) is 16.8. The van der Waals surface area contributed by atoms with E-state index < -0.39 is 15.8 Å². The van der Waals surface area contributed by atoms with Crippen molar-refractivity contribution < 1.29 is 17.6 Å². The summed E-state index contributed by atoms with van der Waals surface area (Å²) in [5, 5.41) is 0. The van der Waals surface area contributed by atoms with Crippen molar-refractivity contribution in [2.24, 2.45) is 0 Å². The Kier molecular flexibility index (Phi) is 5.75. The van der Waals surface area contributed by atoms with Crippen LogP contribution < -0.4 is 4.72 Å². The van der Waals surface area contributed by atoms with E-state index in [1.807, 2.05) is 11.8 Å². The highest BCUT2D eigenvalue weighted by molar-refractivity contribution is 7.89. The molecule has 5 nitrogen and oxygen atoms in total. The lowest BCUT2D eigenvalue weighted by Crippen LogP contribution is -2.38. The molecule has 1 N–H and O–H groups in total. The van der Waals surface area contributed by atoms with Crippen molar-refractivity contribution in [3.05, 3.63) is 29.6 Å². The van der Waals surface area contributed by atoms with Crippen LogP contribution in [0.2, 0.25) is 0 Å². The number of sulfonamides is 1. The van der Waals surface area contributed by atoms with Gasteiger partial charge in [-0.15, -0.1) is 0 Å². The average molecular weight is 342 g/mol. The van der Waals surface area contributed by atoms with Crippen LogP contribution in [0.25, 0.3) is 0 Å². The van der Waals surface area contributed by atoms with Gasteiger partial charge in [0, 0.05) is 25.6 Å². The van der Waals surface area contributed by atoms with Crippen molar-refractivity contribution in [1.82, 2.24) is 9.62 Å². The van der Waals surface area contributed by atoms with Crippen molar-refractivity contribution in [2.75, 3.05) is 13.1 Å². The molecule has 0 spiro atoms. The number of nitrogens with one attached hydrogen (secondary N) is 1. The highest BCUT2D eigenvalue weighted by Crippen LogP contribution is 2.18. The molecule has 2 rings (SSSR count). The molecular weight excluding hydrogens is 319 g/mol. The quantitative estimate of drug-likeness (QED) is 0.826. The summed E-state index contributed by atoms with van der Waals surface area (Å²) in [6.07, 6.45) is 2.82. The third kappa shape index (κ3) is 4.29. The smallest absolute Gasteiger partial charge is 0.240 e. The molecule has 1 aliphatic rings. The van der Waals surface area contributed by atoms with Gasteiger partial charge in [0.15, 0.2) is 0 Å². The Labute approximate surface area is 136 Å². The third-order valence-electron chi connectivity index (χ3n) is 4.23. The first-order valence-corrected chi connectivity index (χ1v) is 9.38. The summed E-state index contributed by atoms with van der Waals surface area (Å²) in [7, 11) is -3.66. The number of aryl methyl sites for hydroxylation is 1. The minimum Gasteiger partial charge on any atom is -0.340 e. The zero-order chi connectivity index (χ0) is 17.0. The van der Waals surface area contributed by atoms with Gasteiger partial charge in [0.1, 0.15) is 5.82 Å². The van der Waals surface area contributed by atoms with Crippen molar-refractivity contribution in [3.8, 4) is 0 Å². The number of hydrogen-bond donors (Lipinski definition) is 1. The molecule has 0 aromatic heterocycles. The highest BCUT2D eigenvalue weighted by Gasteiger charge is 2.26. The SMILES string of the molecule is CCC(CCNS(=O)(=O)c1ccc(F)c(C)c1)N1CCCC1=O. The van der Waals surface area contributed by atoms with Crippen LogP contribution in [0.1, 0.15) is 38.2 Å². The lowest BCUT2D eigenvalue weighted by molar-refractivity contribution is -0.129. The molecule has 1 saturated heterocycles. The van der Waals surface area contributed by atoms with Gasteiger partial charge in [-0.3, -0.25) is 4.79 Å². The molecule has 1 amide bonds. The number of carbonyl (C=O) groups is 1. The van der Waals surface area contributed by atoms with Crippen molar-refractivity contribution >= 4 is 15.9 Å². The van der Waals surface area contributed by atoms with E-state index >= 15 is 0 Å². The summed E-state index contributed by atoms with van der Waals surface area (Å²) >= 11 is 0. The fourth-order valence-electron chi connectivity index (χ4n) is 2.86. The maximum Gasteiger partial charge on any atom is 0.240 e. The fourth-order valence-corrected chi connectivity index (χ4v) is 4.00. The molecule has 1 heterocycles. The van der Waals surface area contributed by atoms with Gasteiger partial charge >= 0.3 is 0 Å². The van der Waals surface area contributed by atoms with Crippen LogP contribution in [0.15, 0.2) is 23.1 Å². The average Bonchev–Trinajstić information content (AvgIpc) is 2.92. The summed E-state index contributed by atoms with van der Waals surface area (Å²) in [5.74, 6) is -0.281. The second-order valence-electron chi connectivity index (χ2n) is 5.85. The number of carbonyl (C=O) groups excluding carboxylic acids is 1. The van der Waals surface area contributed by atoms with E-state index in [-0.39, 0.29) is 23.4 Å². The first-order valence-electron chi connectivity index (χ1n) is 7.90. The molecule has 1 unspecified atom stereocenters. The van der Waals surface area contributed by atoms with Crippen LogP contribution in [-0.2, 0) is 14.8 Å². The van der Waals surface area contributed by atoms with Crippen molar-refractivity contribution in [1.29, 1.82) is 0 Å². The molecule has 0 aliphatic carbocycles. The number of hydrogen-bond acceptors (Lipinski definition) is 3. The molecule has 1 fully saturated rings. The number of halogens is 1. The van der Waals surface area contributed by atoms with Gasteiger partial charge in [-0.1, -0.05) is 6.92 Å². The van der Waals surface area contributed by atoms with E-state index in [2.05, 4.69) is 4.72 Å². The topological polar surface area (TPSA) is 66.5 Å². The summed E-state index contributed by atoms with van der Waals surface area (Å²) in [5.41, 5.74) is 0.293. The Morgan fingerprint density at radius 2 is 2.13 bits per heavy atom. The predicted molar refractivity (Wildman–Crippen MR) is 86.0 cm³/mol. The van der Waals surface area contributed by atoms with Gasteiger partial charge in [0.25, 0.3) is 0 Å². The van der Waals surface area contributed by atoms with Crippen LogP contribution in [0, 0.1) is 12.7 Å². The minimum absolute atomic E-state index is 0.0571. The lowest BCUT2D eigenvalue weighted by atomic mass is 10.1. The molecule has 0 saturated carbocycles. The monoisotopic (exact) mass is 342 g/mol. The zero-order valence-corrected chi connectivity index (χ0v) is 14.3. The van der Waals surface area contributed by atoms with E-state index in [1.54, 1.807) is 0 Å². The molecule has 1 aromatic rings. The summed E-state index contributed by atoms with van der Waals surface area (Å²) in [4.78, 5) is 13.7. The van der Waals surface area contributed by atoms with Gasteiger partial charge < -0.3 is 4.90 Å². The summed E-state index contributed by atoms with van der Waals surface area (Å²) in [6.45, 7) is 4.52. The van der Waals surface area contributed by atoms with E-state index in [4.69, 9.17) is 0 Å². The van der Waals surface area contributed by atoms with E-state index in [9.17, 15) is 17.6 Å². The molecular formula is C16H23FN2O3S. The molecule has 7 heteroatoms. The molecule has 1 aromatic carbocycles.